The minimum absolute atomic E-state index is 0.402. The Bertz CT molecular complexity index is 465. The van der Waals surface area contributed by atoms with Crippen LogP contribution < -0.4 is 10.6 Å². The van der Waals surface area contributed by atoms with E-state index in [1.807, 2.05) is 0 Å². The van der Waals surface area contributed by atoms with Crippen LogP contribution in [0.15, 0.2) is 23.1 Å². The van der Waals surface area contributed by atoms with Gasteiger partial charge >= 0.3 is 0 Å². The molecule has 2 rings (SSSR count). The molecule has 0 aliphatic carbocycles. The molecule has 0 radical (unpaired) electrons. The lowest BCUT2D eigenvalue weighted by molar-refractivity contribution is 0.0929. The zero-order valence-corrected chi connectivity index (χ0v) is 13.0. The zero-order chi connectivity index (χ0) is 13.8. The van der Waals surface area contributed by atoms with Crippen molar-refractivity contribution in [3.8, 4) is 0 Å². The Kier molecular flexibility index (Phi) is 5.07. The highest BCUT2D eigenvalue weighted by Crippen LogP contribution is 2.32. The fourth-order valence-corrected chi connectivity index (χ4v) is 3.40. The van der Waals surface area contributed by atoms with E-state index in [1.165, 1.54) is 0 Å². The first-order valence-electron chi connectivity index (χ1n) is 6.50. The van der Waals surface area contributed by atoms with Crippen LogP contribution in [0.2, 0.25) is 0 Å². The number of thiocarbonyl (C=S) groups is 1. The molecule has 1 heterocycles. The van der Waals surface area contributed by atoms with Crippen molar-refractivity contribution in [2.24, 2.45) is 5.73 Å². The number of morpholine rings is 1. The molecule has 1 atom stereocenters. The molecule has 2 N–H and O–H groups in total. The number of benzene rings is 1. The number of hydrogen-bond acceptors (Lipinski definition) is 4. The molecule has 5 heteroatoms. The fourth-order valence-electron chi connectivity index (χ4n) is 2.49. The molecular weight excluding hydrogens is 276 g/mol. The van der Waals surface area contributed by atoms with E-state index in [0.717, 1.165) is 42.3 Å². The van der Waals surface area contributed by atoms with Crippen LogP contribution in [0, 0.1) is 0 Å². The van der Waals surface area contributed by atoms with Gasteiger partial charge in [0.1, 0.15) is 4.99 Å². The fraction of sp³-hybridized carbons (Fsp3) is 0.500. The minimum Gasteiger partial charge on any atom is -0.389 e. The van der Waals surface area contributed by atoms with Gasteiger partial charge in [-0.3, -0.25) is 0 Å². The van der Waals surface area contributed by atoms with Gasteiger partial charge < -0.3 is 15.4 Å². The lowest BCUT2D eigenvalue weighted by Crippen LogP contribution is -2.46. The Morgan fingerprint density at radius 2 is 2.37 bits per heavy atom. The monoisotopic (exact) mass is 296 g/mol. The van der Waals surface area contributed by atoms with Crippen molar-refractivity contribution in [2.75, 3.05) is 30.9 Å². The number of anilines is 1. The molecule has 1 unspecified atom stereocenters. The van der Waals surface area contributed by atoms with Gasteiger partial charge in [0.15, 0.2) is 0 Å². The topological polar surface area (TPSA) is 38.5 Å². The Morgan fingerprint density at radius 1 is 1.58 bits per heavy atom. The van der Waals surface area contributed by atoms with Gasteiger partial charge in [0.2, 0.25) is 0 Å². The summed E-state index contributed by atoms with van der Waals surface area (Å²) in [6.07, 6.45) is 3.11. The normalized spacial score (nSPS) is 19.5. The van der Waals surface area contributed by atoms with E-state index < -0.39 is 0 Å². The van der Waals surface area contributed by atoms with Crippen molar-refractivity contribution >= 4 is 34.7 Å². The molecule has 0 spiro atoms. The van der Waals surface area contributed by atoms with Crippen molar-refractivity contribution in [2.45, 2.75) is 24.3 Å². The molecule has 104 valence electrons. The number of ether oxygens (including phenoxy) is 1. The smallest absolute Gasteiger partial charge is 0.107 e. The van der Waals surface area contributed by atoms with Crippen LogP contribution >= 0.6 is 24.0 Å². The molecule has 1 aliphatic rings. The standard InChI is InChI=1S/C14H20N2OS2/c1-3-10-9-17-8-7-16(10)11-5-4-6-12(19-2)13(11)14(15)18/h4-6,10H,3,7-9H2,1-2H3,(H2,15,18). The highest BCUT2D eigenvalue weighted by molar-refractivity contribution is 7.98. The van der Waals surface area contributed by atoms with Gasteiger partial charge in [-0.1, -0.05) is 25.2 Å². The average molecular weight is 296 g/mol. The second-order valence-corrected chi connectivity index (χ2v) is 5.84. The lowest BCUT2D eigenvalue weighted by atomic mass is 10.1. The van der Waals surface area contributed by atoms with Crippen molar-refractivity contribution in [3.63, 3.8) is 0 Å². The summed E-state index contributed by atoms with van der Waals surface area (Å²) in [7, 11) is 0. The molecule has 0 bridgehead atoms. The zero-order valence-electron chi connectivity index (χ0n) is 11.4. The van der Waals surface area contributed by atoms with Crippen molar-refractivity contribution in [1.82, 2.24) is 0 Å². The lowest BCUT2D eigenvalue weighted by Gasteiger charge is -2.38. The highest BCUT2D eigenvalue weighted by atomic mass is 32.2. The largest absolute Gasteiger partial charge is 0.389 e. The summed E-state index contributed by atoms with van der Waals surface area (Å²) in [5.41, 5.74) is 8.10. The van der Waals surface area contributed by atoms with Crippen LogP contribution in [0.3, 0.4) is 0 Å². The van der Waals surface area contributed by atoms with Crippen molar-refractivity contribution < 1.29 is 4.74 Å². The summed E-state index contributed by atoms with van der Waals surface area (Å²) in [5, 5.41) is 0. The molecule has 1 saturated heterocycles. The Labute approximate surface area is 124 Å². The SMILES string of the molecule is CCC1COCCN1c1cccc(SC)c1C(N)=S. The predicted molar refractivity (Wildman–Crippen MR) is 86.4 cm³/mol. The van der Waals surface area contributed by atoms with Gasteiger partial charge in [0.25, 0.3) is 0 Å². The quantitative estimate of drug-likeness (QED) is 0.683. The molecule has 0 amide bonds. The maximum absolute atomic E-state index is 5.94. The van der Waals surface area contributed by atoms with Crippen molar-refractivity contribution in [1.29, 1.82) is 0 Å². The molecular formula is C14H20N2OS2. The summed E-state index contributed by atoms with van der Waals surface area (Å²) in [5.74, 6) is 0. The van der Waals surface area contributed by atoms with E-state index in [9.17, 15) is 0 Å². The predicted octanol–water partition coefficient (Wildman–Crippen LogP) is 2.66. The number of hydrogen-bond donors (Lipinski definition) is 1. The second kappa shape index (κ2) is 6.59. The number of rotatable bonds is 4. The van der Waals surface area contributed by atoms with E-state index in [4.69, 9.17) is 22.7 Å². The van der Waals surface area contributed by atoms with Crippen LogP contribution in [0.5, 0.6) is 0 Å². The number of nitrogens with two attached hydrogens (primary N) is 1. The summed E-state index contributed by atoms with van der Waals surface area (Å²) in [6, 6.07) is 6.66. The minimum atomic E-state index is 0.402. The molecule has 1 aromatic carbocycles. The van der Waals surface area contributed by atoms with Crippen LogP contribution in [0.1, 0.15) is 18.9 Å². The first-order chi connectivity index (χ1) is 9.19. The third-order valence-corrected chi connectivity index (χ3v) is 4.46. The number of thioether (sulfide) groups is 1. The first-order valence-corrected chi connectivity index (χ1v) is 8.13. The second-order valence-electron chi connectivity index (χ2n) is 4.55. The number of nitrogens with zero attached hydrogens (tertiary/aromatic N) is 1. The van der Waals surface area contributed by atoms with E-state index in [1.54, 1.807) is 11.8 Å². The van der Waals surface area contributed by atoms with Crippen molar-refractivity contribution in [3.05, 3.63) is 23.8 Å². The summed E-state index contributed by atoms with van der Waals surface area (Å²) < 4.78 is 5.57. The summed E-state index contributed by atoms with van der Waals surface area (Å²) in [4.78, 5) is 4.00. The van der Waals surface area contributed by atoms with E-state index in [0.29, 0.717) is 11.0 Å². The van der Waals surface area contributed by atoms with E-state index in [-0.39, 0.29) is 0 Å². The molecule has 3 nitrogen and oxygen atoms in total. The Hall–Kier alpha value is -0.780. The Balaban J connectivity index is 2.45. The van der Waals surface area contributed by atoms with Gasteiger partial charge in [-0.2, -0.15) is 0 Å². The van der Waals surface area contributed by atoms with Crippen LogP contribution in [0.25, 0.3) is 0 Å². The summed E-state index contributed by atoms with van der Waals surface area (Å²) in [6.45, 7) is 4.62. The molecule has 1 fully saturated rings. The molecule has 1 aromatic rings. The molecule has 0 saturated carbocycles. The van der Waals surface area contributed by atoms with Crippen LogP contribution in [0.4, 0.5) is 5.69 Å². The maximum atomic E-state index is 5.94. The highest BCUT2D eigenvalue weighted by Gasteiger charge is 2.25. The first kappa shape index (κ1) is 14.6. The molecule has 19 heavy (non-hydrogen) atoms. The van der Waals surface area contributed by atoms with E-state index >= 15 is 0 Å². The average Bonchev–Trinajstić information content (AvgIpc) is 2.46. The third-order valence-electron chi connectivity index (χ3n) is 3.48. The van der Waals surface area contributed by atoms with Gasteiger partial charge in [0, 0.05) is 22.7 Å². The van der Waals surface area contributed by atoms with Gasteiger partial charge in [-0.25, -0.2) is 0 Å². The Morgan fingerprint density at radius 3 is 3.00 bits per heavy atom. The van der Waals surface area contributed by atoms with Gasteiger partial charge in [-0.15, -0.1) is 11.8 Å². The van der Waals surface area contributed by atoms with Gasteiger partial charge in [0.05, 0.1) is 19.3 Å². The third kappa shape index (κ3) is 3.04. The van der Waals surface area contributed by atoms with Crippen LogP contribution in [-0.4, -0.2) is 37.0 Å². The molecule has 0 aromatic heterocycles. The summed E-state index contributed by atoms with van der Waals surface area (Å²) >= 11 is 6.94. The van der Waals surface area contributed by atoms with Crippen LogP contribution in [-0.2, 0) is 4.74 Å². The van der Waals surface area contributed by atoms with Gasteiger partial charge in [-0.05, 0) is 24.8 Å². The maximum Gasteiger partial charge on any atom is 0.107 e. The molecule has 1 aliphatic heterocycles. The van der Waals surface area contributed by atoms with E-state index in [2.05, 4.69) is 36.3 Å².